The van der Waals surface area contributed by atoms with Gasteiger partial charge in [-0.3, -0.25) is 10.1 Å². The van der Waals surface area contributed by atoms with Crippen LogP contribution in [0, 0.1) is 5.92 Å². The molecule has 1 N–H and O–H groups in total. The summed E-state index contributed by atoms with van der Waals surface area (Å²) in [5.41, 5.74) is -0.193. The fourth-order valence-electron chi connectivity index (χ4n) is 3.80. The second-order valence-corrected chi connectivity index (χ2v) is 9.55. The molecule has 1 spiro atoms. The largest absolute Gasteiger partial charge is 0.463 e. The van der Waals surface area contributed by atoms with Gasteiger partial charge < -0.3 is 18.6 Å². The molecule has 0 unspecified atom stereocenters. The van der Waals surface area contributed by atoms with Gasteiger partial charge in [-0.05, 0) is 45.7 Å². The van der Waals surface area contributed by atoms with Crippen molar-refractivity contribution in [3.05, 3.63) is 23.3 Å². The highest BCUT2D eigenvalue weighted by molar-refractivity contribution is 7.18. The Morgan fingerprint density at radius 3 is 2.53 bits per heavy atom. The molecule has 2 fully saturated rings. The van der Waals surface area contributed by atoms with Gasteiger partial charge in [-0.15, -0.1) is 0 Å². The molecule has 9 heteroatoms. The number of carbonyl (C=O) groups excluding carboxylic acids is 2. The lowest BCUT2D eigenvalue weighted by molar-refractivity contribution is -0.180. The molecule has 0 bridgehead atoms. The summed E-state index contributed by atoms with van der Waals surface area (Å²) in [4.78, 5) is 30.4. The molecule has 1 saturated carbocycles. The molecule has 30 heavy (non-hydrogen) atoms. The van der Waals surface area contributed by atoms with Crippen LogP contribution in [0.2, 0.25) is 0 Å². The summed E-state index contributed by atoms with van der Waals surface area (Å²) in [5, 5.41) is 2.93. The minimum absolute atomic E-state index is 0.00369. The Morgan fingerprint density at radius 2 is 1.93 bits per heavy atom. The number of hydrogen-bond acceptors (Lipinski definition) is 8. The summed E-state index contributed by atoms with van der Waals surface area (Å²) in [6.45, 7) is 6.56. The second kappa shape index (κ2) is 8.13. The van der Waals surface area contributed by atoms with E-state index in [0.717, 1.165) is 11.3 Å². The van der Waals surface area contributed by atoms with Crippen molar-refractivity contribution in [2.45, 2.75) is 57.8 Å². The van der Waals surface area contributed by atoms with Crippen molar-refractivity contribution in [2.75, 3.05) is 18.5 Å². The van der Waals surface area contributed by atoms with Gasteiger partial charge >= 0.3 is 6.09 Å². The van der Waals surface area contributed by atoms with E-state index >= 15 is 0 Å². The summed E-state index contributed by atoms with van der Waals surface area (Å²) in [7, 11) is 0. The summed E-state index contributed by atoms with van der Waals surface area (Å²) in [6, 6.07) is 3.49. The molecule has 1 amide bonds. The van der Waals surface area contributed by atoms with Gasteiger partial charge in [0.05, 0.1) is 19.5 Å². The highest BCUT2D eigenvalue weighted by Gasteiger charge is 2.42. The third-order valence-corrected chi connectivity index (χ3v) is 6.13. The summed E-state index contributed by atoms with van der Waals surface area (Å²) < 4.78 is 22.3. The molecule has 4 rings (SSSR count). The lowest BCUT2D eigenvalue weighted by Crippen LogP contribution is -2.37. The highest BCUT2D eigenvalue weighted by atomic mass is 32.1. The quantitative estimate of drug-likeness (QED) is 0.686. The van der Waals surface area contributed by atoms with Crippen molar-refractivity contribution in [2.24, 2.45) is 5.92 Å². The van der Waals surface area contributed by atoms with Crippen LogP contribution < -0.4 is 5.32 Å². The zero-order chi connectivity index (χ0) is 21.4. The zero-order valence-electron chi connectivity index (χ0n) is 17.4. The minimum Gasteiger partial charge on any atom is -0.463 e. The predicted octanol–water partition coefficient (Wildman–Crippen LogP) is 4.87. The summed E-state index contributed by atoms with van der Waals surface area (Å²) in [6.07, 6.45) is 3.68. The maximum atomic E-state index is 13.4. The number of rotatable bonds is 4. The Kier molecular flexibility index (Phi) is 5.69. The molecule has 2 aliphatic rings. The number of amides is 1. The molecule has 0 aromatic carbocycles. The van der Waals surface area contributed by atoms with Crippen LogP contribution in [-0.2, 0) is 14.2 Å². The number of anilines is 1. The van der Waals surface area contributed by atoms with Gasteiger partial charge in [0.1, 0.15) is 16.2 Å². The summed E-state index contributed by atoms with van der Waals surface area (Å²) >= 11 is 1.14. The first kappa shape index (κ1) is 21.0. The van der Waals surface area contributed by atoms with Gasteiger partial charge in [-0.25, -0.2) is 9.78 Å². The maximum absolute atomic E-state index is 13.4. The zero-order valence-corrected chi connectivity index (χ0v) is 18.2. The van der Waals surface area contributed by atoms with Crippen molar-refractivity contribution in [3.8, 4) is 11.5 Å². The molecule has 2 aromatic rings. The highest BCUT2D eigenvalue weighted by Crippen LogP contribution is 2.41. The minimum atomic E-state index is -0.633. The Morgan fingerprint density at radius 1 is 1.23 bits per heavy atom. The van der Waals surface area contributed by atoms with E-state index in [1.807, 2.05) is 0 Å². The number of ketones is 1. The van der Waals surface area contributed by atoms with Gasteiger partial charge in [-0.1, -0.05) is 11.3 Å². The van der Waals surface area contributed by atoms with Crippen LogP contribution in [0.25, 0.3) is 11.5 Å². The smallest absolute Gasteiger partial charge is 0.413 e. The standard InChI is InChI=1S/C21H26N2O6S/c1-20(2,3)29-19(25)23-18-22-15(14-5-4-10-26-14)17(30-18)16(24)13-6-8-21(9-7-13)27-11-12-28-21/h4-5,10,13H,6-9,11-12H2,1-3H3,(H,22,23,25). The number of Topliss-reactive ketones (excluding diaryl/α,β-unsaturated/α-hetero) is 1. The molecule has 162 valence electrons. The molecule has 2 aromatic heterocycles. The molecule has 3 heterocycles. The fraction of sp³-hybridized carbons (Fsp3) is 0.571. The van der Waals surface area contributed by atoms with Crippen LogP contribution in [0.1, 0.15) is 56.1 Å². The van der Waals surface area contributed by atoms with Gasteiger partial charge in [0.25, 0.3) is 0 Å². The Hall–Kier alpha value is -2.23. The first-order valence-corrected chi connectivity index (χ1v) is 10.9. The molecule has 0 atom stereocenters. The van der Waals surface area contributed by atoms with Gasteiger partial charge in [-0.2, -0.15) is 0 Å². The molecule has 8 nitrogen and oxygen atoms in total. The molecule has 1 aliphatic heterocycles. The van der Waals surface area contributed by atoms with Crippen molar-refractivity contribution >= 4 is 28.3 Å². The third kappa shape index (κ3) is 4.58. The number of carbonyl (C=O) groups is 2. The Labute approximate surface area is 178 Å². The van der Waals surface area contributed by atoms with E-state index in [1.165, 1.54) is 6.26 Å². The van der Waals surface area contributed by atoms with Crippen molar-refractivity contribution in [1.29, 1.82) is 0 Å². The topological polar surface area (TPSA) is 99.9 Å². The third-order valence-electron chi connectivity index (χ3n) is 5.15. The van der Waals surface area contributed by atoms with Gasteiger partial charge in [0, 0.05) is 18.8 Å². The van der Waals surface area contributed by atoms with E-state index in [-0.39, 0.29) is 11.7 Å². The molecular weight excluding hydrogens is 408 g/mol. The van der Waals surface area contributed by atoms with E-state index in [4.69, 9.17) is 18.6 Å². The summed E-state index contributed by atoms with van der Waals surface area (Å²) in [5.74, 6) is -0.171. The van der Waals surface area contributed by atoms with Crippen LogP contribution in [0.4, 0.5) is 9.93 Å². The number of nitrogens with zero attached hydrogens (tertiary/aromatic N) is 1. The average molecular weight is 435 g/mol. The average Bonchev–Trinajstić information content (AvgIpc) is 3.41. The first-order valence-electron chi connectivity index (χ1n) is 10.1. The number of thiazole rings is 1. The van der Waals surface area contributed by atoms with Crippen molar-refractivity contribution in [1.82, 2.24) is 4.98 Å². The fourth-order valence-corrected chi connectivity index (χ4v) is 4.78. The lowest BCUT2D eigenvalue weighted by atomic mass is 9.82. The van der Waals surface area contributed by atoms with Gasteiger partial charge in [0.15, 0.2) is 22.5 Å². The number of ether oxygens (including phenoxy) is 3. The van der Waals surface area contributed by atoms with E-state index < -0.39 is 17.5 Å². The Bertz CT molecular complexity index is 899. The number of aromatic nitrogens is 1. The number of hydrogen-bond donors (Lipinski definition) is 1. The van der Waals surface area contributed by atoms with E-state index in [2.05, 4.69) is 10.3 Å². The van der Waals surface area contributed by atoms with E-state index in [0.29, 0.717) is 60.4 Å². The van der Waals surface area contributed by atoms with Crippen molar-refractivity contribution < 1.29 is 28.2 Å². The lowest BCUT2D eigenvalue weighted by Gasteiger charge is -2.34. The molecule has 1 aliphatic carbocycles. The molecular formula is C21H26N2O6S. The predicted molar refractivity (Wildman–Crippen MR) is 111 cm³/mol. The molecule has 1 saturated heterocycles. The monoisotopic (exact) mass is 434 g/mol. The van der Waals surface area contributed by atoms with E-state index in [9.17, 15) is 9.59 Å². The van der Waals surface area contributed by atoms with E-state index in [1.54, 1.807) is 32.9 Å². The first-order chi connectivity index (χ1) is 14.2. The number of nitrogens with one attached hydrogen (secondary N) is 1. The number of furan rings is 1. The SMILES string of the molecule is CC(C)(C)OC(=O)Nc1nc(-c2ccco2)c(C(=O)C2CCC3(CC2)OCCO3)s1. The van der Waals surface area contributed by atoms with Crippen LogP contribution >= 0.6 is 11.3 Å². The van der Waals surface area contributed by atoms with Crippen LogP contribution in [-0.4, -0.2) is 41.5 Å². The van der Waals surface area contributed by atoms with Crippen LogP contribution in [0.5, 0.6) is 0 Å². The molecule has 0 radical (unpaired) electrons. The van der Waals surface area contributed by atoms with Gasteiger partial charge in [0.2, 0.25) is 0 Å². The normalized spacial score (nSPS) is 19.2. The van der Waals surface area contributed by atoms with Crippen LogP contribution in [0.15, 0.2) is 22.8 Å². The second-order valence-electron chi connectivity index (χ2n) is 8.55. The van der Waals surface area contributed by atoms with Crippen LogP contribution in [0.3, 0.4) is 0 Å². The van der Waals surface area contributed by atoms with Crippen molar-refractivity contribution in [3.63, 3.8) is 0 Å². The maximum Gasteiger partial charge on any atom is 0.413 e. The Balaban J connectivity index is 1.53.